The Morgan fingerprint density at radius 1 is 1.40 bits per heavy atom. The summed E-state index contributed by atoms with van der Waals surface area (Å²) in [7, 11) is 0. The predicted octanol–water partition coefficient (Wildman–Crippen LogP) is 3.23. The first-order valence-corrected chi connectivity index (χ1v) is 7.07. The Hall–Kier alpha value is -1.55. The van der Waals surface area contributed by atoms with Crippen molar-refractivity contribution < 1.29 is 19.0 Å². The average molecular weight is 278 g/mol. The van der Waals surface area contributed by atoms with E-state index >= 15 is 0 Å². The molecule has 1 aliphatic rings. The molecule has 2 rings (SSSR count). The van der Waals surface area contributed by atoms with Crippen LogP contribution in [0.15, 0.2) is 18.2 Å². The molecule has 1 saturated heterocycles. The molecule has 0 N–H and O–H groups in total. The fourth-order valence-electron chi connectivity index (χ4n) is 2.42. The largest absolute Gasteiger partial charge is 0.490 e. The molecule has 0 spiro atoms. The van der Waals surface area contributed by atoms with Gasteiger partial charge in [0.2, 0.25) is 0 Å². The molecule has 1 aromatic rings. The molecule has 0 aromatic heterocycles. The maximum Gasteiger partial charge on any atom is 0.171 e. The van der Waals surface area contributed by atoms with Gasteiger partial charge in [-0.05, 0) is 45.7 Å². The number of benzene rings is 1. The van der Waals surface area contributed by atoms with Gasteiger partial charge in [-0.3, -0.25) is 4.79 Å². The number of carbonyl (C=O) groups is 1. The lowest BCUT2D eigenvalue weighted by Crippen LogP contribution is -2.24. The topological polar surface area (TPSA) is 44.8 Å². The summed E-state index contributed by atoms with van der Waals surface area (Å²) < 4.78 is 17.2. The van der Waals surface area contributed by atoms with E-state index in [9.17, 15) is 4.79 Å². The number of hydrogen-bond donors (Lipinski definition) is 0. The van der Waals surface area contributed by atoms with Gasteiger partial charge < -0.3 is 14.2 Å². The lowest BCUT2D eigenvalue weighted by molar-refractivity contribution is -0.0330. The summed E-state index contributed by atoms with van der Waals surface area (Å²) in [5.41, 5.74) is 0.425. The van der Waals surface area contributed by atoms with Crippen LogP contribution < -0.4 is 9.47 Å². The molecule has 20 heavy (non-hydrogen) atoms. The third-order valence-electron chi connectivity index (χ3n) is 3.40. The fourth-order valence-corrected chi connectivity index (χ4v) is 2.42. The Balaban J connectivity index is 2.06. The lowest BCUT2D eigenvalue weighted by Gasteiger charge is -2.20. The van der Waals surface area contributed by atoms with Crippen LogP contribution in [0.25, 0.3) is 0 Å². The van der Waals surface area contributed by atoms with Crippen LogP contribution in [0, 0.1) is 0 Å². The molecule has 4 heteroatoms. The second-order valence-corrected chi connectivity index (χ2v) is 5.57. The van der Waals surface area contributed by atoms with Crippen LogP contribution in [0.1, 0.15) is 44.0 Å². The zero-order valence-electron chi connectivity index (χ0n) is 12.3. The molecule has 110 valence electrons. The molecular formula is C16H22O4. The number of ether oxygens (including phenoxy) is 3. The van der Waals surface area contributed by atoms with Crippen molar-refractivity contribution in [3.8, 4) is 11.5 Å². The first-order chi connectivity index (χ1) is 9.55. The van der Waals surface area contributed by atoms with Gasteiger partial charge in [-0.2, -0.15) is 0 Å². The van der Waals surface area contributed by atoms with Crippen molar-refractivity contribution in [1.29, 1.82) is 0 Å². The Morgan fingerprint density at radius 3 is 2.80 bits per heavy atom. The van der Waals surface area contributed by atoms with Gasteiger partial charge >= 0.3 is 0 Å². The van der Waals surface area contributed by atoms with Gasteiger partial charge in [-0.1, -0.05) is 6.07 Å². The number of rotatable bonds is 6. The maximum atomic E-state index is 11.1. The highest BCUT2D eigenvalue weighted by Gasteiger charge is 2.32. The van der Waals surface area contributed by atoms with E-state index in [2.05, 4.69) is 13.8 Å². The van der Waals surface area contributed by atoms with Gasteiger partial charge in [0.1, 0.15) is 6.61 Å². The predicted molar refractivity (Wildman–Crippen MR) is 76.7 cm³/mol. The minimum absolute atomic E-state index is 0.0687. The third kappa shape index (κ3) is 3.51. The van der Waals surface area contributed by atoms with Crippen molar-refractivity contribution >= 4 is 6.29 Å². The van der Waals surface area contributed by atoms with E-state index in [0.717, 1.165) is 19.1 Å². The summed E-state index contributed by atoms with van der Waals surface area (Å²) in [6.07, 6.45) is 2.85. The van der Waals surface area contributed by atoms with Crippen LogP contribution in [-0.4, -0.2) is 31.2 Å². The summed E-state index contributed by atoms with van der Waals surface area (Å²) in [6, 6.07) is 5.33. The van der Waals surface area contributed by atoms with Gasteiger partial charge in [0.25, 0.3) is 0 Å². The summed E-state index contributed by atoms with van der Waals surface area (Å²) in [5.74, 6) is 1.12. The normalized spacial score (nSPS) is 20.6. The highest BCUT2D eigenvalue weighted by Crippen LogP contribution is 2.33. The molecule has 1 aromatic carbocycles. The van der Waals surface area contributed by atoms with E-state index in [1.165, 1.54) is 0 Å². The molecule has 0 saturated carbocycles. The molecule has 1 heterocycles. The standard InChI is InChI=1S/C16H22O4/c1-4-18-14-7-5-6-12(10-17)15(14)19-11-13-8-9-16(2,3)20-13/h5-7,10,13H,4,8-9,11H2,1-3H3. The zero-order chi connectivity index (χ0) is 14.6. The Labute approximate surface area is 120 Å². The first-order valence-electron chi connectivity index (χ1n) is 7.07. The molecule has 0 aliphatic carbocycles. The summed E-state index contributed by atoms with van der Waals surface area (Å²) >= 11 is 0. The SMILES string of the molecule is CCOc1cccc(C=O)c1OCC1CCC(C)(C)O1. The average Bonchev–Trinajstić information content (AvgIpc) is 2.77. The quantitative estimate of drug-likeness (QED) is 0.749. The van der Waals surface area contributed by atoms with E-state index < -0.39 is 0 Å². The third-order valence-corrected chi connectivity index (χ3v) is 3.40. The van der Waals surface area contributed by atoms with E-state index in [-0.39, 0.29) is 11.7 Å². The molecule has 0 amide bonds. The smallest absolute Gasteiger partial charge is 0.171 e. The summed E-state index contributed by atoms with van der Waals surface area (Å²) in [6.45, 7) is 7.04. The Bertz CT molecular complexity index is 468. The van der Waals surface area contributed by atoms with Gasteiger partial charge in [-0.15, -0.1) is 0 Å². The highest BCUT2D eigenvalue weighted by molar-refractivity contribution is 5.81. The molecule has 1 atom stereocenters. The lowest BCUT2D eigenvalue weighted by atomic mass is 10.1. The zero-order valence-corrected chi connectivity index (χ0v) is 12.3. The van der Waals surface area contributed by atoms with Crippen LogP contribution in [0.3, 0.4) is 0 Å². The minimum Gasteiger partial charge on any atom is -0.490 e. The van der Waals surface area contributed by atoms with Gasteiger partial charge in [0.15, 0.2) is 17.8 Å². The number of hydrogen-bond acceptors (Lipinski definition) is 4. The van der Waals surface area contributed by atoms with Crippen molar-refractivity contribution in [3.05, 3.63) is 23.8 Å². The van der Waals surface area contributed by atoms with Crippen LogP contribution in [-0.2, 0) is 4.74 Å². The van der Waals surface area contributed by atoms with Crippen LogP contribution in [0.5, 0.6) is 11.5 Å². The van der Waals surface area contributed by atoms with Crippen molar-refractivity contribution in [2.45, 2.75) is 45.3 Å². The molecule has 0 bridgehead atoms. The van der Waals surface area contributed by atoms with E-state index in [4.69, 9.17) is 14.2 Å². The Morgan fingerprint density at radius 2 is 2.20 bits per heavy atom. The van der Waals surface area contributed by atoms with Crippen molar-refractivity contribution in [3.63, 3.8) is 0 Å². The second-order valence-electron chi connectivity index (χ2n) is 5.57. The molecule has 4 nitrogen and oxygen atoms in total. The summed E-state index contributed by atoms with van der Waals surface area (Å²) in [5, 5.41) is 0. The molecule has 0 radical (unpaired) electrons. The van der Waals surface area contributed by atoms with Crippen molar-refractivity contribution in [2.75, 3.05) is 13.2 Å². The van der Waals surface area contributed by atoms with Crippen LogP contribution >= 0.6 is 0 Å². The molecule has 1 unspecified atom stereocenters. The fraction of sp³-hybridized carbons (Fsp3) is 0.562. The van der Waals surface area contributed by atoms with Crippen molar-refractivity contribution in [1.82, 2.24) is 0 Å². The van der Waals surface area contributed by atoms with E-state index in [1.54, 1.807) is 12.1 Å². The molecule has 1 fully saturated rings. The molecule has 1 aliphatic heterocycles. The van der Waals surface area contributed by atoms with E-state index in [0.29, 0.717) is 30.3 Å². The molecular weight excluding hydrogens is 256 g/mol. The summed E-state index contributed by atoms with van der Waals surface area (Å²) in [4.78, 5) is 11.1. The van der Waals surface area contributed by atoms with Gasteiger partial charge in [0, 0.05) is 0 Å². The second kappa shape index (κ2) is 6.27. The van der Waals surface area contributed by atoms with Gasteiger partial charge in [0.05, 0.1) is 23.9 Å². The van der Waals surface area contributed by atoms with Crippen LogP contribution in [0.2, 0.25) is 0 Å². The van der Waals surface area contributed by atoms with E-state index in [1.807, 2.05) is 13.0 Å². The monoisotopic (exact) mass is 278 g/mol. The number of para-hydroxylation sites is 1. The minimum atomic E-state index is -0.0824. The maximum absolute atomic E-state index is 11.1. The number of carbonyl (C=O) groups excluding carboxylic acids is 1. The number of aldehydes is 1. The highest BCUT2D eigenvalue weighted by atomic mass is 16.6. The van der Waals surface area contributed by atoms with Crippen molar-refractivity contribution in [2.24, 2.45) is 0 Å². The van der Waals surface area contributed by atoms with Crippen LogP contribution in [0.4, 0.5) is 0 Å². The Kier molecular flexibility index (Phi) is 4.65. The first kappa shape index (κ1) is 14.9. The van der Waals surface area contributed by atoms with Gasteiger partial charge in [-0.25, -0.2) is 0 Å².